The molecule has 4 heteroatoms. The van der Waals surface area contributed by atoms with Crippen molar-refractivity contribution in [1.82, 2.24) is 0 Å². The highest BCUT2D eigenvalue weighted by molar-refractivity contribution is 6.30. The molecule has 0 N–H and O–H groups in total. The summed E-state index contributed by atoms with van der Waals surface area (Å²) in [5, 5.41) is 0.0553. The van der Waals surface area contributed by atoms with Crippen molar-refractivity contribution in [1.29, 1.82) is 0 Å². The minimum atomic E-state index is -0.501. The number of hydrogen-bond donors (Lipinski definition) is 0. The van der Waals surface area contributed by atoms with Crippen LogP contribution in [-0.2, 0) is 16.0 Å². The van der Waals surface area contributed by atoms with E-state index < -0.39 is 5.82 Å². The van der Waals surface area contributed by atoms with Crippen molar-refractivity contribution in [3.8, 4) is 0 Å². The summed E-state index contributed by atoms with van der Waals surface area (Å²) in [6, 6.07) is 4.72. The standard InChI is InChI=1S/C14H16ClFO2/c1-2-18-14(9-6-7-9)12(17)8-10-4-3-5-11(15)13(10)16/h3-5,9,14H,2,6-8H2,1H3. The third kappa shape index (κ3) is 3.09. The van der Waals surface area contributed by atoms with Crippen molar-refractivity contribution in [3.63, 3.8) is 0 Å². The van der Waals surface area contributed by atoms with Gasteiger partial charge in [0.1, 0.15) is 11.9 Å². The van der Waals surface area contributed by atoms with Crippen LogP contribution < -0.4 is 0 Å². The van der Waals surface area contributed by atoms with E-state index in [1.807, 2.05) is 6.92 Å². The Kier molecular flexibility index (Phi) is 4.36. The fraction of sp³-hybridized carbons (Fsp3) is 0.500. The van der Waals surface area contributed by atoms with E-state index in [0.717, 1.165) is 12.8 Å². The number of ether oxygens (including phenoxy) is 1. The van der Waals surface area contributed by atoms with Crippen LogP contribution in [0.1, 0.15) is 25.3 Å². The van der Waals surface area contributed by atoms with Gasteiger partial charge in [0.2, 0.25) is 0 Å². The third-order valence-corrected chi connectivity index (χ3v) is 3.40. The average Bonchev–Trinajstić information content (AvgIpc) is 3.16. The second kappa shape index (κ2) is 5.81. The molecule has 1 atom stereocenters. The van der Waals surface area contributed by atoms with E-state index in [4.69, 9.17) is 16.3 Å². The van der Waals surface area contributed by atoms with Gasteiger partial charge in [0.25, 0.3) is 0 Å². The van der Waals surface area contributed by atoms with Crippen molar-refractivity contribution >= 4 is 17.4 Å². The van der Waals surface area contributed by atoms with E-state index in [2.05, 4.69) is 0 Å². The van der Waals surface area contributed by atoms with Crippen LogP contribution in [0.4, 0.5) is 4.39 Å². The summed E-state index contributed by atoms with van der Waals surface area (Å²) in [5.41, 5.74) is 0.345. The first-order valence-corrected chi connectivity index (χ1v) is 6.58. The molecule has 0 radical (unpaired) electrons. The SMILES string of the molecule is CCOC(C(=O)Cc1cccc(Cl)c1F)C1CC1. The van der Waals surface area contributed by atoms with Crippen molar-refractivity contribution in [2.24, 2.45) is 5.92 Å². The van der Waals surface area contributed by atoms with Crippen molar-refractivity contribution in [2.45, 2.75) is 32.3 Å². The summed E-state index contributed by atoms with van der Waals surface area (Å²) >= 11 is 5.70. The molecule has 0 aliphatic heterocycles. The van der Waals surface area contributed by atoms with Crippen molar-refractivity contribution in [3.05, 3.63) is 34.6 Å². The number of ketones is 1. The molecule has 1 aliphatic rings. The number of carbonyl (C=O) groups excluding carboxylic acids is 1. The first-order valence-electron chi connectivity index (χ1n) is 6.20. The maximum atomic E-state index is 13.7. The minimum absolute atomic E-state index is 0.0492. The van der Waals surface area contributed by atoms with E-state index in [1.54, 1.807) is 12.1 Å². The molecule has 18 heavy (non-hydrogen) atoms. The van der Waals surface area contributed by atoms with Crippen molar-refractivity contribution < 1.29 is 13.9 Å². The van der Waals surface area contributed by atoms with E-state index in [-0.39, 0.29) is 23.3 Å². The molecular formula is C14H16ClFO2. The Bertz CT molecular complexity index is 443. The van der Waals surface area contributed by atoms with Gasteiger partial charge in [0, 0.05) is 13.0 Å². The maximum Gasteiger partial charge on any atom is 0.166 e. The Morgan fingerprint density at radius 1 is 1.56 bits per heavy atom. The zero-order valence-corrected chi connectivity index (χ0v) is 11.0. The summed E-state index contributed by atoms with van der Waals surface area (Å²) in [4.78, 5) is 12.1. The second-order valence-electron chi connectivity index (χ2n) is 4.57. The molecule has 1 aliphatic carbocycles. The monoisotopic (exact) mass is 270 g/mol. The van der Waals surface area contributed by atoms with Crippen LogP contribution >= 0.6 is 11.6 Å². The number of carbonyl (C=O) groups is 1. The lowest BCUT2D eigenvalue weighted by Crippen LogP contribution is -2.28. The van der Waals surface area contributed by atoms with Gasteiger partial charge in [-0.1, -0.05) is 23.7 Å². The van der Waals surface area contributed by atoms with Gasteiger partial charge >= 0.3 is 0 Å². The highest BCUT2D eigenvalue weighted by Gasteiger charge is 2.36. The van der Waals surface area contributed by atoms with Crippen LogP contribution in [0.3, 0.4) is 0 Å². The first-order chi connectivity index (χ1) is 8.63. The van der Waals surface area contributed by atoms with Gasteiger partial charge in [-0.25, -0.2) is 4.39 Å². The molecule has 1 fully saturated rings. The van der Waals surface area contributed by atoms with Crippen LogP contribution in [-0.4, -0.2) is 18.5 Å². The number of halogens is 2. The van der Waals surface area contributed by atoms with Crippen LogP contribution in [0.25, 0.3) is 0 Å². The smallest absolute Gasteiger partial charge is 0.166 e. The zero-order chi connectivity index (χ0) is 13.1. The van der Waals surface area contributed by atoms with E-state index in [9.17, 15) is 9.18 Å². The molecule has 1 saturated carbocycles. The molecule has 1 aromatic carbocycles. The molecular weight excluding hydrogens is 255 g/mol. The Morgan fingerprint density at radius 3 is 2.89 bits per heavy atom. The topological polar surface area (TPSA) is 26.3 Å². The molecule has 0 heterocycles. The number of Topliss-reactive ketones (excluding diaryl/α,β-unsaturated/α-hetero) is 1. The van der Waals surface area contributed by atoms with Gasteiger partial charge in [0.05, 0.1) is 5.02 Å². The second-order valence-corrected chi connectivity index (χ2v) is 4.98. The molecule has 0 saturated heterocycles. The third-order valence-electron chi connectivity index (χ3n) is 3.11. The van der Waals surface area contributed by atoms with E-state index >= 15 is 0 Å². The normalized spacial score (nSPS) is 16.6. The summed E-state index contributed by atoms with van der Waals surface area (Å²) < 4.78 is 19.2. The summed E-state index contributed by atoms with van der Waals surface area (Å²) in [6.07, 6.45) is 1.71. The van der Waals surface area contributed by atoms with Crippen LogP contribution in [0.15, 0.2) is 18.2 Å². The highest BCUT2D eigenvalue weighted by atomic mass is 35.5. The van der Waals surface area contributed by atoms with E-state index in [0.29, 0.717) is 18.1 Å². The Balaban J connectivity index is 2.07. The quantitative estimate of drug-likeness (QED) is 0.792. The van der Waals surface area contributed by atoms with Gasteiger partial charge < -0.3 is 4.74 Å². The molecule has 1 aromatic rings. The number of benzene rings is 1. The Hall–Kier alpha value is -0.930. The predicted molar refractivity (Wildman–Crippen MR) is 68.3 cm³/mol. The highest BCUT2D eigenvalue weighted by Crippen LogP contribution is 2.35. The average molecular weight is 271 g/mol. The largest absolute Gasteiger partial charge is 0.370 e. The lowest BCUT2D eigenvalue weighted by Gasteiger charge is -2.15. The van der Waals surface area contributed by atoms with Gasteiger partial charge in [-0.15, -0.1) is 0 Å². The molecule has 0 spiro atoms. The minimum Gasteiger partial charge on any atom is -0.370 e. The summed E-state index contributed by atoms with van der Waals surface area (Å²) in [7, 11) is 0. The molecule has 1 unspecified atom stereocenters. The van der Waals surface area contributed by atoms with Gasteiger partial charge in [-0.2, -0.15) is 0 Å². The lowest BCUT2D eigenvalue weighted by atomic mass is 10.0. The number of hydrogen-bond acceptors (Lipinski definition) is 2. The van der Waals surface area contributed by atoms with Crippen molar-refractivity contribution in [2.75, 3.05) is 6.61 Å². The molecule has 0 amide bonds. The molecule has 98 valence electrons. The maximum absolute atomic E-state index is 13.7. The number of rotatable bonds is 6. The van der Waals surface area contributed by atoms with Gasteiger partial charge in [-0.3, -0.25) is 4.79 Å². The molecule has 2 rings (SSSR count). The predicted octanol–water partition coefficient (Wildman–Crippen LogP) is 3.41. The fourth-order valence-electron chi connectivity index (χ4n) is 2.04. The van der Waals surface area contributed by atoms with Gasteiger partial charge in [-0.05, 0) is 37.3 Å². The summed E-state index contributed by atoms with van der Waals surface area (Å²) in [5.74, 6) is -0.237. The zero-order valence-electron chi connectivity index (χ0n) is 10.3. The van der Waals surface area contributed by atoms with Crippen LogP contribution in [0, 0.1) is 11.7 Å². The Morgan fingerprint density at radius 2 is 2.28 bits per heavy atom. The molecule has 2 nitrogen and oxygen atoms in total. The molecule has 0 aromatic heterocycles. The summed E-state index contributed by atoms with van der Waals surface area (Å²) in [6.45, 7) is 2.37. The van der Waals surface area contributed by atoms with Crippen LogP contribution in [0.5, 0.6) is 0 Å². The molecule has 0 bridgehead atoms. The van der Waals surface area contributed by atoms with Crippen LogP contribution in [0.2, 0.25) is 5.02 Å². The van der Waals surface area contributed by atoms with E-state index in [1.165, 1.54) is 6.07 Å². The Labute approximate surface area is 111 Å². The fourth-order valence-corrected chi connectivity index (χ4v) is 2.24. The lowest BCUT2D eigenvalue weighted by molar-refractivity contribution is -0.131. The van der Waals surface area contributed by atoms with Gasteiger partial charge in [0.15, 0.2) is 5.78 Å². The first kappa shape index (κ1) is 13.5.